The second-order valence-corrected chi connectivity index (χ2v) is 6.84. The van der Waals surface area contributed by atoms with E-state index >= 15 is 0 Å². The molecule has 0 aliphatic carbocycles. The Morgan fingerprint density at radius 2 is 1.96 bits per heavy atom. The van der Waals surface area contributed by atoms with E-state index in [4.69, 9.17) is 27.6 Å². The highest BCUT2D eigenvalue weighted by molar-refractivity contribution is 7.99. The molecule has 2 aromatic heterocycles. The molecule has 0 aliphatic heterocycles. The third-order valence-electron chi connectivity index (χ3n) is 3.19. The molecule has 10 heteroatoms. The van der Waals surface area contributed by atoms with Crippen LogP contribution < -0.4 is 5.32 Å². The van der Waals surface area contributed by atoms with Gasteiger partial charge in [-0.2, -0.15) is 0 Å². The van der Waals surface area contributed by atoms with Gasteiger partial charge in [-0.1, -0.05) is 35.0 Å². The van der Waals surface area contributed by atoms with Crippen molar-refractivity contribution in [2.45, 2.75) is 12.1 Å². The number of benzene rings is 1. The Kier molecular flexibility index (Phi) is 5.75. The molecular weight excluding hydrogens is 402 g/mol. The quantitative estimate of drug-likeness (QED) is 0.615. The number of rotatable bonds is 5. The zero-order chi connectivity index (χ0) is 18.7. The minimum atomic E-state index is -0.357. The lowest BCUT2D eigenvalue weighted by Gasteiger charge is -2.07. The van der Waals surface area contributed by atoms with Gasteiger partial charge in [-0.15, -0.1) is 10.2 Å². The Hall–Kier alpha value is -2.16. The highest BCUT2D eigenvalue weighted by Gasteiger charge is 2.14. The lowest BCUT2D eigenvalue weighted by atomic mass is 10.2. The number of hydrogen-bond donors (Lipinski definition) is 1. The zero-order valence-corrected chi connectivity index (χ0v) is 15.6. The van der Waals surface area contributed by atoms with Crippen LogP contribution in [0, 0.1) is 12.7 Å². The Labute approximate surface area is 162 Å². The molecule has 1 N–H and O–H groups in total. The van der Waals surface area contributed by atoms with Gasteiger partial charge in [0.15, 0.2) is 5.82 Å². The monoisotopic (exact) mass is 412 g/mol. The van der Waals surface area contributed by atoms with E-state index in [2.05, 4.69) is 20.5 Å². The predicted octanol–water partition coefficient (Wildman–Crippen LogP) is 4.62. The van der Waals surface area contributed by atoms with E-state index in [9.17, 15) is 9.18 Å². The summed E-state index contributed by atoms with van der Waals surface area (Å²) in [6, 6.07) is 7.16. The number of nitrogens with zero attached hydrogens (tertiary/aromatic N) is 3. The van der Waals surface area contributed by atoms with Crippen LogP contribution in [0.1, 0.15) is 5.69 Å². The molecule has 134 valence electrons. The molecule has 0 unspecified atom stereocenters. The number of amides is 1. The first-order valence-corrected chi connectivity index (χ1v) is 9.01. The summed E-state index contributed by atoms with van der Waals surface area (Å²) in [6.45, 7) is 1.71. The zero-order valence-electron chi connectivity index (χ0n) is 13.3. The number of carbonyl (C=O) groups excluding carboxylic acids is 1. The number of anilines is 1. The van der Waals surface area contributed by atoms with Crippen LogP contribution >= 0.6 is 35.0 Å². The number of thioether (sulfide) groups is 1. The summed E-state index contributed by atoms with van der Waals surface area (Å²) in [4.78, 5) is 16.2. The van der Waals surface area contributed by atoms with Crippen molar-refractivity contribution in [2.24, 2.45) is 0 Å². The number of nitrogens with one attached hydrogen (secondary N) is 1. The number of hydrogen-bond acceptors (Lipinski definition) is 6. The molecule has 0 radical (unpaired) electrons. The van der Waals surface area contributed by atoms with E-state index in [0.29, 0.717) is 16.3 Å². The van der Waals surface area contributed by atoms with Gasteiger partial charge in [0, 0.05) is 5.56 Å². The summed E-state index contributed by atoms with van der Waals surface area (Å²) in [5, 5.41) is 11.2. The number of halogens is 3. The summed E-state index contributed by atoms with van der Waals surface area (Å²) in [6.07, 6.45) is 0. The molecule has 6 nitrogen and oxygen atoms in total. The Morgan fingerprint density at radius 3 is 2.69 bits per heavy atom. The van der Waals surface area contributed by atoms with Crippen molar-refractivity contribution in [3.8, 4) is 11.5 Å². The van der Waals surface area contributed by atoms with Crippen LogP contribution in [-0.2, 0) is 4.79 Å². The van der Waals surface area contributed by atoms with Gasteiger partial charge in [0.2, 0.25) is 11.8 Å². The number of aromatic nitrogens is 3. The molecule has 3 rings (SSSR count). The molecule has 26 heavy (non-hydrogen) atoms. The lowest BCUT2D eigenvalue weighted by molar-refractivity contribution is -0.113. The number of carbonyl (C=O) groups is 1. The van der Waals surface area contributed by atoms with Crippen molar-refractivity contribution in [1.29, 1.82) is 0 Å². The molecule has 0 bridgehead atoms. The van der Waals surface area contributed by atoms with Gasteiger partial charge in [0.1, 0.15) is 5.82 Å². The maximum atomic E-state index is 12.9. The summed E-state index contributed by atoms with van der Waals surface area (Å²) < 4.78 is 18.4. The molecule has 0 atom stereocenters. The topological polar surface area (TPSA) is 80.9 Å². The maximum absolute atomic E-state index is 12.9. The highest BCUT2D eigenvalue weighted by Crippen LogP contribution is 2.26. The van der Waals surface area contributed by atoms with Gasteiger partial charge in [0.25, 0.3) is 5.22 Å². The second-order valence-electron chi connectivity index (χ2n) is 5.10. The Morgan fingerprint density at radius 1 is 1.23 bits per heavy atom. The molecular formula is C16H11Cl2FN4O2S. The fourth-order valence-electron chi connectivity index (χ4n) is 1.92. The minimum Gasteiger partial charge on any atom is -0.411 e. The van der Waals surface area contributed by atoms with E-state index in [1.807, 2.05) is 0 Å². The summed E-state index contributed by atoms with van der Waals surface area (Å²) in [7, 11) is 0. The summed E-state index contributed by atoms with van der Waals surface area (Å²) in [5.74, 6) is -0.204. The second kappa shape index (κ2) is 8.03. The van der Waals surface area contributed by atoms with E-state index in [1.165, 1.54) is 30.3 Å². The Balaban J connectivity index is 1.60. The van der Waals surface area contributed by atoms with E-state index < -0.39 is 0 Å². The maximum Gasteiger partial charge on any atom is 0.277 e. The van der Waals surface area contributed by atoms with Crippen LogP contribution in [0.5, 0.6) is 0 Å². The average molecular weight is 413 g/mol. The molecule has 3 aromatic rings. The lowest BCUT2D eigenvalue weighted by Crippen LogP contribution is -2.15. The minimum absolute atomic E-state index is 0.0186. The van der Waals surface area contributed by atoms with E-state index in [1.54, 1.807) is 6.92 Å². The van der Waals surface area contributed by atoms with Crippen LogP contribution in [-0.4, -0.2) is 26.8 Å². The van der Waals surface area contributed by atoms with Crippen LogP contribution in [0.15, 0.2) is 40.0 Å². The fraction of sp³-hybridized carbons (Fsp3) is 0.125. The van der Waals surface area contributed by atoms with Crippen molar-refractivity contribution < 1.29 is 13.6 Å². The SMILES string of the molecule is Cc1nc(NC(=O)CSc2nnc(-c3ccc(F)cc3)o2)c(Cl)cc1Cl. The summed E-state index contributed by atoms with van der Waals surface area (Å²) in [5.41, 5.74) is 1.14. The van der Waals surface area contributed by atoms with Crippen LogP contribution in [0.2, 0.25) is 10.0 Å². The Bertz CT molecular complexity index is 950. The first-order valence-electron chi connectivity index (χ1n) is 7.27. The molecule has 0 saturated heterocycles. The fourth-order valence-corrected chi connectivity index (χ4v) is 2.89. The third-order valence-corrected chi connectivity index (χ3v) is 4.68. The van der Waals surface area contributed by atoms with Crippen molar-refractivity contribution in [1.82, 2.24) is 15.2 Å². The average Bonchev–Trinajstić information content (AvgIpc) is 3.07. The number of aryl methyl sites for hydroxylation is 1. The smallest absolute Gasteiger partial charge is 0.277 e. The van der Waals surface area contributed by atoms with Crippen molar-refractivity contribution in [2.75, 3.05) is 11.1 Å². The van der Waals surface area contributed by atoms with Gasteiger partial charge in [-0.25, -0.2) is 9.37 Å². The predicted molar refractivity (Wildman–Crippen MR) is 98.0 cm³/mol. The summed E-state index contributed by atoms with van der Waals surface area (Å²) >= 11 is 13.0. The van der Waals surface area contributed by atoms with Gasteiger partial charge >= 0.3 is 0 Å². The van der Waals surface area contributed by atoms with Gasteiger partial charge < -0.3 is 9.73 Å². The highest BCUT2D eigenvalue weighted by atomic mass is 35.5. The van der Waals surface area contributed by atoms with E-state index in [0.717, 1.165) is 11.8 Å². The van der Waals surface area contributed by atoms with Crippen LogP contribution in [0.4, 0.5) is 10.2 Å². The molecule has 2 heterocycles. The molecule has 0 fully saturated rings. The van der Waals surface area contributed by atoms with Crippen LogP contribution in [0.3, 0.4) is 0 Å². The normalized spacial score (nSPS) is 10.8. The van der Waals surface area contributed by atoms with Gasteiger partial charge in [-0.05, 0) is 37.3 Å². The standard InChI is InChI=1S/C16H11Cl2FN4O2S/c1-8-11(17)6-12(18)14(20-8)21-13(24)7-26-16-23-22-15(25-16)9-2-4-10(19)5-3-9/h2-6H,7H2,1H3,(H,20,21,24). The number of pyridine rings is 1. The molecule has 0 saturated carbocycles. The molecule has 1 amide bonds. The first kappa shape index (κ1) is 18.6. The molecule has 0 spiro atoms. The van der Waals surface area contributed by atoms with Crippen molar-refractivity contribution in [3.05, 3.63) is 51.9 Å². The van der Waals surface area contributed by atoms with Crippen LogP contribution in [0.25, 0.3) is 11.5 Å². The molecule has 1 aromatic carbocycles. The third kappa shape index (κ3) is 4.51. The largest absolute Gasteiger partial charge is 0.411 e. The van der Waals surface area contributed by atoms with Crippen molar-refractivity contribution in [3.63, 3.8) is 0 Å². The van der Waals surface area contributed by atoms with Gasteiger partial charge in [-0.3, -0.25) is 4.79 Å². The van der Waals surface area contributed by atoms with Crippen molar-refractivity contribution >= 4 is 46.7 Å². The first-order chi connectivity index (χ1) is 12.4. The van der Waals surface area contributed by atoms with Gasteiger partial charge in [0.05, 0.1) is 21.5 Å². The van der Waals surface area contributed by atoms with E-state index in [-0.39, 0.29) is 39.4 Å². The molecule has 0 aliphatic rings.